The molecular weight excluding hydrogens is 418 g/mol. The van der Waals surface area contributed by atoms with Crippen LogP contribution in [0.2, 0.25) is 0 Å². The highest BCUT2D eigenvalue weighted by Crippen LogP contribution is 2.38. The number of aromatic nitrogens is 2. The molecule has 0 aliphatic carbocycles. The van der Waals surface area contributed by atoms with Crippen molar-refractivity contribution in [2.45, 2.75) is 6.42 Å². The fourth-order valence-electron chi connectivity index (χ4n) is 2.81. The molecule has 0 bridgehead atoms. The molecule has 162 valence electrons. The molecule has 1 heterocycles. The van der Waals surface area contributed by atoms with Crippen molar-refractivity contribution in [1.82, 2.24) is 10.2 Å². The monoisotopic (exact) mass is 441 g/mol. The predicted octanol–water partition coefficient (Wildman–Crippen LogP) is 3.82. The maximum absolute atomic E-state index is 12.3. The zero-order valence-corrected chi connectivity index (χ0v) is 18.5. The number of nitrogens with one attached hydrogen (secondary N) is 1. The Bertz CT molecular complexity index is 1040. The molecule has 0 unspecified atom stereocenters. The van der Waals surface area contributed by atoms with Gasteiger partial charge in [-0.1, -0.05) is 23.5 Å². The minimum absolute atomic E-state index is 0.319. The first-order valence-electron chi connectivity index (χ1n) is 9.30. The number of methoxy groups -OCH3 is 4. The van der Waals surface area contributed by atoms with E-state index in [0.29, 0.717) is 28.8 Å². The second kappa shape index (κ2) is 10.4. The average molecular weight is 442 g/mol. The van der Waals surface area contributed by atoms with Crippen LogP contribution in [0.5, 0.6) is 23.0 Å². The van der Waals surface area contributed by atoms with Crippen molar-refractivity contribution >= 4 is 28.5 Å². The summed E-state index contributed by atoms with van der Waals surface area (Å²) in [4.78, 5) is 12.3. The summed E-state index contributed by atoms with van der Waals surface area (Å²) in [7, 11) is 6.24. The highest BCUT2D eigenvalue weighted by Gasteiger charge is 2.12. The van der Waals surface area contributed by atoms with E-state index < -0.39 is 0 Å². The number of anilines is 1. The lowest BCUT2D eigenvalue weighted by atomic mass is 10.1. The van der Waals surface area contributed by atoms with Crippen LogP contribution in [0, 0.1) is 0 Å². The second-order valence-electron chi connectivity index (χ2n) is 6.31. The molecule has 0 saturated carbocycles. The molecule has 31 heavy (non-hydrogen) atoms. The van der Waals surface area contributed by atoms with Crippen molar-refractivity contribution in [2.24, 2.45) is 0 Å². The number of carbonyl (C=O) groups excluding carboxylic acids is 1. The van der Waals surface area contributed by atoms with Gasteiger partial charge in [-0.3, -0.25) is 10.1 Å². The lowest BCUT2D eigenvalue weighted by Crippen LogP contribution is -2.07. The molecule has 1 amide bonds. The molecule has 0 spiro atoms. The summed E-state index contributed by atoms with van der Waals surface area (Å²) >= 11 is 1.33. The maximum atomic E-state index is 12.3. The van der Waals surface area contributed by atoms with Crippen LogP contribution in [0.3, 0.4) is 0 Å². The zero-order chi connectivity index (χ0) is 22.2. The Morgan fingerprint density at radius 3 is 2.23 bits per heavy atom. The summed E-state index contributed by atoms with van der Waals surface area (Å²) in [6, 6.07) is 11.2. The van der Waals surface area contributed by atoms with E-state index in [1.165, 1.54) is 38.7 Å². The van der Waals surface area contributed by atoms with Crippen LogP contribution in [-0.4, -0.2) is 44.5 Å². The van der Waals surface area contributed by atoms with Gasteiger partial charge in [0.1, 0.15) is 10.8 Å². The van der Waals surface area contributed by atoms with Gasteiger partial charge < -0.3 is 18.9 Å². The van der Waals surface area contributed by atoms with Crippen molar-refractivity contribution in [1.29, 1.82) is 0 Å². The minimum Gasteiger partial charge on any atom is -0.497 e. The van der Waals surface area contributed by atoms with Crippen LogP contribution in [-0.2, 0) is 11.2 Å². The molecule has 2 aromatic carbocycles. The smallest absolute Gasteiger partial charge is 0.250 e. The summed E-state index contributed by atoms with van der Waals surface area (Å²) in [6.45, 7) is 0. The number of carbonyl (C=O) groups is 1. The summed E-state index contributed by atoms with van der Waals surface area (Å²) in [5.74, 6) is 1.99. The molecule has 0 atom stereocenters. The largest absolute Gasteiger partial charge is 0.497 e. The lowest BCUT2D eigenvalue weighted by molar-refractivity contribution is -0.111. The number of nitrogens with zero attached hydrogens (tertiary/aromatic N) is 2. The van der Waals surface area contributed by atoms with Crippen LogP contribution in [0.1, 0.15) is 16.1 Å². The third-order valence-electron chi connectivity index (χ3n) is 4.33. The molecule has 0 fully saturated rings. The number of ether oxygens (including phenoxy) is 4. The van der Waals surface area contributed by atoms with Crippen molar-refractivity contribution in [2.75, 3.05) is 33.8 Å². The van der Waals surface area contributed by atoms with Crippen LogP contribution >= 0.6 is 11.3 Å². The van der Waals surface area contributed by atoms with Crippen LogP contribution in [0.25, 0.3) is 6.08 Å². The van der Waals surface area contributed by atoms with E-state index in [0.717, 1.165) is 21.9 Å². The van der Waals surface area contributed by atoms with Gasteiger partial charge in [-0.05, 0) is 41.5 Å². The summed E-state index contributed by atoms with van der Waals surface area (Å²) < 4.78 is 21.1. The maximum Gasteiger partial charge on any atom is 0.250 e. The van der Waals surface area contributed by atoms with Gasteiger partial charge in [0.05, 0.1) is 28.4 Å². The molecule has 1 N–H and O–H groups in total. The Kier molecular flexibility index (Phi) is 7.45. The van der Waals surface area contributed by atoms with E-state index in [4.69, 9.17) is 18.9 Å². The Morgan fingerprint density at radius 1 is 0.968 bits per heavy atom. The second-order valence-corrected chi connectivity index (χ2v) is 7.37. The first-order chi connectivity index (χ1) is 15.1. The van der Waals surface area contributed by atoms with Crippen molar-refractivity contribution in [3.8, 4) is 23.0 Å². The van der Waals surface area contributed by atoms with Gasteiger partial charge in [0.2, 0.25) is 16.8 Å². The lowest BCUT2D eigenvalue weighted by Gasteiger charge is -2.12. The van der Waals surface area contributed by atoms with E-state index in [1.807, 2.05) is 24.3 Å². The molecule has 3 aromatic rings. The van der Waals surface area contributed by atoms with E-state index in [2.05, 4.69) is 15.5 Å². The fourth-order valence-corrected chi connectivity index (χ4v) is 3.59. The zero-order valence-electron chi connectivity index (χ0n) is 17.7. The van der Waals surface area contributed by atoms with Gasteiger partial charge in [-0.15, -0.1) is 10.2 Å². The van der Waals surface area contributed by atoms with Gasteiger partial charge in [-0.2, -0.15) is 0 Å². The molecule has 0 radical (unpaired) electrons. The molecule has 0 saturated heterocycles. The Hall–Kier alpha value is -3.59. The van der Waals surface area contributed by atoms with Gasteiger partial charge in [0.15, 0.2) is 11.5 Å². The number of rotatable bonds is 9. The summed E-state index contributed by atoms with van der Waals surface area (Å²) in [6.07, 6.45) is 3.68. The molecule has 3 rings (SSSR count). The van der Waals surface area contributed by atoms with Crippen molar-refractivity contribution in [3.63, 3.8) is 0 Å². The molecular formula is C22H23N3O5S. The van der Waals surface area contributed by atoms with E-state index in [1.54, 1.807) is 25.3 Å². The Labute approximate surface area is 184 Å². The normalized spacial score (nSPS) is 10.7. The van der Waals surface area contributed by atoms with E-state index >= 15 is 0 Å². The highest BCUT2D eigenvalue weighted by molar-refractivity contribution is 7.15. The van der Waals surface area contributed by atoms with Crippen molar-refractivity contribution < 1.29 is 23.7 Å². The molecule has 0 aliphatic heterocycles. The number of amides is 1. The topological polar surface area (TPSA) is 91.8 Å². The van der Waals surface area contributed by atoms with Gasteiger partial charge in [0.25, 0.3) is 0 Å². The minimum atomic E-state index is -0.319. The third-order valence-corrected chi connectivity index (χ3v) is 5.16. The van der Waals surface area contributed by atoms with Crippen molar-refractivity contribution in [3.05, 3.63) is 58.6 Å². The van der Waals surface area contributed by atoms with Crippen LogP contribution in [0.15, 0.2) is 42.5 Å². The number of benzene rings is 2. The molecule has 9 heteroatoms. The Balaban J connectivity index is 1.64. The van der Waals surface area contributed by atoms with Gasteiger partial charge in [0, 0.05) is 12.5 Å². The SMILES string of the molecule is COc1ccc(Cc2nnc(NC(=O)/C=C/c3cc(OC)c(OC)c(OC)c3)s2)cc1. The average Bonchev–Trinajstić information content (AvgIpc) is 3.23. The van der Waals surface area contributed by atoms with E-state index in [-0.39, 0.29) is 5.91 Å². The first-order valence-corrected chi connectivity index (χ1v) is 10.1. The van der Waals surface area contributed by atoms with Crippen LogP contribution in [0.4, 0.5) is 5.13 Å². The predicted molar refractivity (Wildman–Crippen MR) is 119 cm³/mol. The Morgan fingerprint density at radius 2 is 1.65 bits per heavy atom. The summed E-state index contributed by atoms with van der Waals surface area (Å²) in [5, 5.41) is 12.1. The van der Waals surface area contributed by atoms with Gasteiger partial charge in [-0.25, -0.2) is 0 Å². The van der Waals surface area contributed by atoms with E-state index in [9.17, 15) is 4.79 Å². The molecule has 1 aromatic heterocycles. The standard InChI is InChI=1S/C22H23N3O5S/c1-27-16-8-5-14(6-9-16)13-20-24-25-22(31-20)23-19(26)10-7-15-11-17(28-2)21(30-4)18(12-15)29-3/h5-12H,13H2,1-4H3,(H,23,25,26)/b10-7+. The number of hydrogen-bond donors (Lipinski definition) is 1. The van der Waals surface area contributed by atoms with Crippen LogP contribution < -0.4 is 24.3 Å². The summed E-state index contributed by atoms with van der Waals surface area (Å²) in [5.41, 5.74) is 1.80. The first kappa shape index (κ1) is 22.1. The van der Waals surface area contributed by atoms with Gasteiger partial charge >= 0.3 is 0 Å². The third kappa shape index (κ3) is 5.73. The quantitative estimate of drug-likeness (QED) is 0.505. The molecule has 0 aliphatic rings. The fraction of sp³-hybridized carbons (Fsp3) is 0.227. The number of hydrogen-bond acceptors (Lipinski definition) is 8. The molecule has 8 nitrogen and oxygen atoms in total. The highest BCUT2D eigenvalue weighted by atomic mass is 32.1.